The van der Waals surface area contributed by atoms with Gasteiger partial charge in [-0.3, -0.25) is 4.79 Å². The summed E-state index contributed by atoms with van der Waals surface area (Å²) in [5, 5.41) is 2.69. The number of carbonyl (C=O) groups excluding carboxylic acids is 1. The average molecular weight is 141 g/mol. The minimum Gasteiger partial charge on any atom is -0.501 e. The van der Waals surface area contributed by atoms with Gasteiger partial charge in [0, 0.05) is 6.42 Å². The van der Waals surface area contributed by atoms with Crippen LogP contribution in [0.2, 0.25) is 0 Å². The van der Waals surface area contributed by atoms with Crippen molar-refractivity contribution in [2.75, 3.05) is 7.11 Å². The third kappa shape index (κ3) is 1.12. The summed E-state index contributed by atoms with van der Waals surface area (Å²) >= 11 is 0. The fourth-order valence-electron chi connectivity index (χ4n) is 1.05. The lowest BCUT2D eigenvalue weighted by Gasteiger charge is -2.34. The molecule has 0 aliphatic heterocycles. The number of nitrogens with one attached hydrogen (secondary N) is 1. The lowest BCUT2D eigenvalue weighted by Crippen LogP contribution is -2.45. The predicted octanol–water partition coefficient (Wildman–Crippen LogP) is 0.425. The minimum absolute atomic E-state index is 0.160. The van der Waals surface area contributed by atoms with Crippen LogP contribution >= 0.6 is 0 Å². The number of hydrogen-bond donors (Lipinski definition) is 1. The molecule has 0 radical (unpaired) electrons. The van der Waals surface area contributed by atoms with E-state index in [1.165, 1.54) is 0 Å². The SMILES string of the molecule is COC1=CC(C)(NC=O)C1. The van der Waals surface area contributed by atoms with Crippen LogP contribution in [0.3, 0.4) is 0 Å². The van der Waals surface area contributed by atoms with Crippen molar-refractivity contribution in [1.29, 1.82) is 0 Å². The van der Waals surface area contributed by atoms with Crippen molar-refractivity contribution >= 4 is 6.41 Å². The highest BCUT2D eigenvalue weighted by Crippen LogP contribution is 2.29. The Morgan fingerprint density at radius 3 is 2.90 bits per heavy atom. The van der Waals surface area contributed by atoms with Crippen LogP contribution in [0.4, 0.5) is 0 Å². The zero-order valence-electron chi connectivity index (χ0n) is 6.18. The fourth-order valence-corrected chi connectivity index (χ4v) is 1.05. The fraction of sp³-hybridized carbons (Fsp3) is 0.571. The highest BCUT2D eigenvalue weighted by atomic mass is 16.5. The molecule has 1 N–H and O–H groups in total. The van der Waals surface area contributed by atoms with Crippen LogP contribution in [0.15, 0.2) is 11.8 Å². The molecule has 3 nitrogen and oxygen atoms in total. The second-order valence-corrected chi connectivity index (χ2v) is 2.67. The van der Waals surface area contributed by atoms with Gasteiger partial charge in [-0.2, -0.15) is 0 Å². The normalized spacial score (nSPS) is 30.0. The monoisotopic (exact) mass is 141 g/mol. The highest BCUT2D eigenvalue weighted by Gasteiger charge is 2.31. The van der Waals surface area contributed by atoms with E-state index in [1.54, 1.807) is 7.11 Å². The Kier molecular flexibility index (Phi) is 1.66. The van der Waals surface area contributed by atoms with Gasteiger partial charge in [-0.1, -0.05) is 0 Å². The summed E-state index contributed by atoms with van der Waals surface area (Å²) in [6.07, 6.45) is 3.41. The first-order valence-corrected chi connectivity index (χ1v) is 3.17. The molecule has 0 aromatic carbocycles. The maximum absolute atomic E-state index is 10.0. The molecule has 1 rings (SSSR count). The summed E-state index contributed by atoms with van der Waals surface area (Å²) in [5.41, 5.74) is -0.160. The Hall–Kier alpha value is -0.990. The largest absolute Gasteiger partial charge is 0.501 e. The van der Waals surface area contributed by atoms with Gasteiger partial charge in [-0.25, -0.2) is 0 Å². The zero-order valence-corrected chi connectivity index (χ0v) is 6.18. The van der Waals surface area contributed by atoms with E-state index in [0.717, 1.165) is 12.2 Å². The summed E-state index contributed by atoms with van der Waals surface area (Å²) < 4.78 is 4.93. The summed E-state index contributed by atoms with van der Waals surface area (Å²) in [5.74, 6) is 0.942. The van der Waals surface area contributed by atoms with E-state index >= 15 is 0 Å². The van der Waals surface area contributed by atoms with Crippen LogP contribution in [0.1, 0.15) is 13.3 Å². The highest BCUT2D eigenvalue weighted by molar-refractivity contribution is 5.50. The van der Waals surface area contributed by atoms with Crippen molar-refractivity contribution in [2.24, 2.45) is 0 Å². The molecule has 1 unspecified atom stereocenters. The van der Waals surface area contributed by atoms with Crippen molar-refractivity contribution in [3.8, 4) is 0 Å². The molecule has 0 bridgehead atoms. The van der Waals surface area contributed by atoms with Crippen molar-refractivity contribution < 1.29 is 9.53 Å². The summed E-state index contributed by atoms with van der Waals surface area (Å²) in [6, 6.07) is 0. The van der Waals surface area contributed by atoms with Gasteiger partial charge in [0.15, 0.2) is 0 Å². The molecule has 0 spiro atoms. The molecule has 1 amide bonds. The van der Waals surface area contributed by atoms with E-state index in [1.807, 2.05) is 13.0 Å². The molecule has 0 saturated heterocycles. The van der Waals surface area contributed by atoms with Gasteiger partial charge in [0.05, 0.1) is 18.4 Å². The number of amides is 1. The van der Waals surface area contributed by atoms with Crippen LogP contribution in [0, 0.1) is 0 Å². The molecule has 1 aliphatic rings. The standard InChI is InChI=1S/C7H11NO2/c1-7(8-5-9)3-6(4-7)10-2/h3,5H,4H2,1-2H3,(H,8,9). The van der Waals surface area contributed by atoms with Crippen molar-refractivity contribution in [3.63, 3.8) is 0 Å². The smallest absolute Gasteiger partial charge is 0.207 e. The number of carbonyl (C=O) groups is 1. The predicted molar refractivity (Wildman–Crippen MR) is 37.3 cm³/mol. The lowest BCUT2D eigenvalue weighted by molar-refractivity contribution is -0.110. The molecule has 10 heavy (non-hydrogen) atoms. The maximum Gasteiger partial charge on any atom is 0.207 e. The molecule has 1 atom stereocenters. The van der Waals surface area contributed by atoms with Gasteiger partial charge in [-0.05, 0) is 13.0 Å². The average Bonchev–Trinajstić information content (AvgIpc) is 1.83. The first-order chi connectivity index (χ1) is 4.70. The molecule has 0 aromatic rings. The third-order valence-corrected chi connectivity index (χ3v) is 1.67. The molecular formula is C7H11NO2. The van der Waals surface area contributed by atoms with Gasteiger partial charge in [-0.15, -0.1) is 0 Å². The zero-order chi connectivity index (χ0) is 7.61. The van der Waals surface area contributed by atoms with E-state index in [0.29, 0.717) is 6.41 Å². The van der Waals surface area contributed by atoms with Gasteiger partial charge in [0.25, 0.3) is 0 Å². The maximum atomic E-state index is 10.0. The van der Waals surface area contributed by atoms with Crippen LogP contribution in [-0.4, -0.2) is 19.1 Å². The third-order valence-electron chi connectivity index (χ3n) is 1.67. The molecule has 0 saturated carbocycles. The van der Waals surface area contributed by atoms with Gasteiger partial charge >= 0.3 is 0 Å². The van der Waals surface area contributed by atoms with Crippen molar-refractivity contribution in [1.82, 2.24) is 5.32 Å². The molecule has 56 valence electrons. The van der Waals surface area contributed by atoms with E-state index in [-0.39, 0.29) is 5.54 Å². The Labute approximate surface area is 60.1 Å². The van der Waals surface area contributed by atoms with E-state index < -0.39 is 0 Å². The van der Waals surface area contributed by atoms with Crippen LogP contribution in [-0.2, 0) is 9.53 Å². The summed E-state index contributed by atoms with van der Waals surface area (Å²) in [4.78, 5) is 10.0. The van der Waals surface area contributed by atoms with Crippen molar-refractivity contribution in [2.45, 2.75) is 18.9 Å². The number of rotatable bonds is 3. The van der Waals surface area contributed by atoms with Gasteiger partial charge < -0.3 is 10.1 Å². The summed E-state index contributed by atoms with van der Waals surface area (Å²) in [7, 11) is 1.63. The minimum atomic E-state index is -0.160. The Balaban J connectivity index is 2.48. The van der Waals surface area contributed by atoms with Crippen molar-refractivity contribution in [3.05, 3.63) is 11.8 Å². The van der Waals surface area contributed by atoms with E-state index in [9.17, 15) is 4.79 Å². The molecule has 0 heterocycles. The summed E-state index contributed by atoms with van der Waals surface area (Å²) in [6.45, 7) is 1.95. The van der Waals surface area contributed by atoms with Crippen LogP contribution in [0.25, 0.3) is 0 Å². The molecular weight excluding hydrogens is 130 g/mol. The van der Waals surface area contributed by atoms with Crippen LogP contribution < -0.4 is 5.32 Å². The number of methoxy groups -OCH3 is 1. The van der Waals surface area contributed by atoms with Gasteiger partial charge in [0.2, 0.25) is 6.41 Å². The Morgan fingerprint density at radius 1 is 1.90 bits per heavy atom. The van der Waals surface area contributed by atoms with Crippen LogP contribution in [0.5, 0.6) is 0 Å². The second-order valence-electron chi connectivity index (χ2n) is 2.67. The number of ether oxygens (including phenoxy) is 1. The van der Waals surface area contributed by atoms with E-state index in [4.69, 9.17) is 4.74 Å². The first-order valence-electron chi connectivity index (χ1n) is 3.17. The Morgan fingerprint density at radius 2 is 2.50 bits per heavy atom. The molecule has 1 aliphatic carbocycles. The second kappa shape index (κ2) is 2.33. The molecule has 0 aromatic heterocycles. The molecule has 3 heteroatoms. The quantitative estimate of drug-likeness (QED) is 0.578. The molecule has 0 fully saturated rings. The van der Waals surface area contributed by atoms with Gasteiger partial charge in [0.1, 0.15) is 0 Å². The van der Waals surface area contributed by atoms with E-state index in [2.05, 4.69) is 5.32 Å². The Bertz CT molecular complexity index is 176. The first kappa shape index (κ1) is 7.12. The number of hydrogen-bond acceptors (Lipinski definition) is 2. The lowest BCUT2D eigenvalue weighted by atomic mass is 9.86. The topological polar surface area (TPSA) is 38.3 Å².